The van der Waals surface area contributed by atoms with Crippen LogP contribution in [-0.2, 0) is 17.1 Å². The fourth-order valence-corrected chi connectivity index (χ4v) is 1.10. The standard InChI is InChI=1S/C6H11O6.Fe/c7-1-2(8)4(10)6(12)5(11)3(1)9;/h1-5,7-12H;/q-1;/t1?,2-,3+,4-,5-;/m1./s1. The molecule has 80 valence electrons. The molecule has 13 heavy (non-hydrogen) atoms. The van der Waals surface area contributed by atoms with Gasteiger partial charge in [-0.05, 0) is 12.2 Å². The molecule has 5 atom stereocenters. The van der Waals surface area contributed by atoms with E-state index in [1.54, 1.807) is 0 Å². The summed E-state index contributed by atoms with van der Waals surface area (Å²) >= 11 is 0. The van der Waals surface area contributed by atoms with Crippen molar-refractivity contribution in [3.05, 3.63) is 6.10 Å². The van der Waals surface area contributed by atoms with Crippen LogP contribution in [0.25, 0.3) is 0 Å². The van der Waals surface area contributed by atoms with E-state index in [1.807, 2.05) is 0 Å². The molecule has 0 heterocycles. The molecule has 7 heteroatoms. The monoisotopic (exact) mass is 235 g/mol. The third-order valence-electron chi connectivity index (χ3n) is 1.95. The minimum absolute atomic E-state index is 0. The zero-order chi connectivity index (χ0) is 9.46. The van der Waals surface area contributed by atoms with Crippen molar-refractivity contribution in [1.82, 2.24) is 0 Å². The van der Waals surface area contributed by atoms with Gasteiger partial charge in [-0.1, -0.05) is 0 Å². The molecule has 0 bridgehead atoms. The minimum Gasteiger partial charge on any atom is -0.558 e. The van der Waals surface area contributed by atoms with Gasteiger partial charge >= 0.3 is 0 Å². The van der Waals surface area contributed by atoms with E-state index in [2.05, 4.69) is 0 Å². The summed E-state index contributed by atoms with van der Waals surface area (Å²) in [5.41, 5.74) is 0. The quantitative estimate of drug-likeness (QED) is 0.193. The molecule has 0 aromatic rings. The van der Waals surface area contributed by atoms with E-state index in [9.17, 15) is 0 Å². The third-order valence-corrected chi connectivity index (χ3v) is 1.95. The van der Waals surface area contributed by atoms with Gasteiger partial charge in [0.05, 0.1) is 12.2 Å². The molecule has 6 nitrogen and oxygen atoms in total. The number of aliphatic hydroxyl groups excluding tert-OH is 6. The van der Waals surface area contributed by atoms with E-state index in [0.29, 0.717) is 0 Å². The van der Waals surface area contributed by atoms with Crippen molar-refractivity contribution in [2.24, 2.45) is 0 Å². The van der Waals surface area contributed by atoms with E-state index < -0.39 is 36.6 Å². The molecular formula is C6H11FeO6-. The SMILES string of the molecule is O[C-]1[C@H](O)[C@H](O)C(O)[C@H](O)[C@H]1O.[Fe]. The maximum atomic E-state index is 8.96. The van der Waals surface area contributed by atoms with Crippen LogP contribution in [0.4, 0.5) is 0 Å². The summed E-state index contributed by atoms with van der Waals surface area (Å²) < 4.78 is 0. The second kappa shape index (κ2) is 4.68. The van der Waals surface area contributed by atoms with Crippen LogP contribution in [0.5, 0.6) is 0 Å². The van der Waals surface area contributed by atoms with Gasteiger partial charge < -0.3 is 30.6 Å². The van der Waals surface area contributed by atoms with Crippen molar-refractivity contribution >= 4 is 0 Å². The summed E-state index contributed by atoms with van der Waals surface area (Å²) in [4.78, 5) is 0. The smallest absolute Gasteiger partial charge is 0.106 e. The molecule has 1 aliphatic rings. The van der Waals surface area contributed by atoms with Gasteiger partial charge in [-0.3, -0.25) is 0 Å². The van der Waals surface area contributed by atoms with Crippen LogP contribution in [0.15, 0.2) is 0 Å². The van der Waals surface area contributed by atoms with Crippen molar-refractivity contribution in [1.29, 1.82) is 0 Å². The molecule has 0 amide bonds. The number of rotatable bonds is 0. The Morgan fingerprint density at radius 3 is 1.31 bits per heavy atom. The summed E-state index contributed by atoms with van der Waals surface area (Å²) in [7, 11) is 0. The van der Waals surface area contributed by atoms with Gasteiger partial charge in [-0.2, -0.15) is 0 Å². The molecule has 0 saturated heterocycles. The molecule has 0 aliphatic heterocycles. The largest absolute Gasteiger partial charge is 0.558 e. The molecule has 1 fully saturated rings. The Morgan fingerprint density at radius 1 is 0.692 bits per heavy atom. The molecule has 1 unspecified atom stereocenters. The van der Waals surface area contributed by atoms with Gasteiger partial charge in [0.1, 0.15) is 6.10 Å². The van der Waals surface area contributed by atoms with Crippen molar-refractivity contribution in [2.75, 3.05) is 0 Å². The first-order valence-electron chi connectivity index (χ1n) is 3.43. The molecule has 1 rings (SSSR count). The van der Waals surface area contributed by atoms with Gasteiger partial charge in [0.15, 0.2) is 0 Å². The average molecular weight is 235 g/mol. The molecule has 6 N–H and O–H groups in total. The number of hydrogen-bond donors (Lipinski definition) is 6. The first kappa shape index (κ1) is 13.3. The maximum Gasteiger partial charge on any atom is 0.106 e. The van der Waals surface area contributed by atoms with Crippen LogP contribution in [0.2, 0.25) is 0 Å². The molecule has 0 spiro atoms. The van der Waals surface area contributed by atoms with Crippen LogP contribution in [0.1, 0.15) is 0 Å². The van der Waals surface area contributed by atoms with Crippen molar-refractivity contribution in [3.63, 3.8) is 0 Å². The van der Waals surface area contributed by atoms with Gasteiger partial charge in [0.2, 0.25) is 0 Å². The van der Waals surface area contributed by atoms with Crippen LogP contribution < -0.4 is 0 Å². The van der Waals surface area contributed by atoms with Crippen LogP contribution in [0.3, 0.4) is 0 Å². The first-order valence-corrected chi connectivity index (χ1v) is 3.43. The van der Waals surface area contributed by atoms with E-state index in [0.717, 1.165) is 0 Å². The van der Waals surface area contributed by atoms with Crippen LogP contribution in [-0.4, -0.2) is 61.2 Å². The second-order valence-corrected chi connectivity index (χ2v) is 2.79. The van der Waals surface area contributed by atoms with Crippen LogP contribution >= 0.6 is 0 Å². The molecule has 0 radical (unpaired) electrons. The fraction of sp³-hybridized carbons (Fsp3) is 0.833. The second-order valence-electron chi connectivity index (χ2n) is 2.79. The Bertz CT molecular complexity index is 109. The van der Waals surface area contributed by atoms with Gasteiger partial charge in [0.25, 0.3) is 0 Å². The maximum absolute atomic E-state index is 8.96. The van der Waals surface area contributed by atoms with Gasteiger partial charge in [-0.25, -0.2) is 0 Å². The van der Waals surface area contributed by atoms with Crippen molar-refractivity contribution < 1.29 is 47.7 Å². The van der Waals surface area contributed by atoms with E-state index in [-0.39, 0.29) is 17.1 Å². The third kappa shape index (κ3) is 2.20. The summed E-state index contributed by atoms with van der Waals surface area (Å²) in [6.07, 6.45) is -9.30. The zero-order valence-corrected chi connectivity index (χ0v) is 7.53. The van der Waals surface area contributed by atoms with E-state index >= 15 is 0 Å². The molecular weight excluding hydrogens is 224 g/mol. The zero-order valence-electron chi connectivity index (χ0n) is 6.42. The molecule has 1 aliphatic carbocycles. The summed E-state index contributed by atoms with van der Waals surface area (Å²) in [6.45, 7) is 0. The van der Waals surface area contributed by atoms with E-state index in [4.69, 9.17) is 30.6 Å². The van der Waals surface area contributed by atoms with Gasteiger partial charge in [0, 0.05) is 17.1 Å². The summed E-state index contributed by atoms with van der Waals surface area (Å²) in [5, 5.41) is 53.6. The Morgan fingerprint density at radius 2 is 1.00 bits per heavy atom. The van der Waals surface area contributed by atoms with E-state index in [1.165, 1.54) is 0 Å². The topological polar surface area (TPSA) is 121 Å². The predicted octanol–water partition coefficient (Wildman–Crippen LogP) is -3.29. The Labute approximate surface area is 84.9 Å². The minimum atomic E-state index is -1.72. The van der Waals surface area contributed by atoms with Crippen molar-refractivity contribution in [3.8, 4) is 0 Å². The first-order chi connectivity index (χ1) is 5.46. The molecule has 0 aromatic carbocycles. The number of aliphatic hydroxyl groups is 6. The number of hydrogen-bond acceptors (Lipinski definition) is 6. The summed E-state index contributed by atoms with van der Waals surface area (Å²) in [5.74, 6) is 0. The Balaban J connectivity index is 0.00000144. The van der Waals surface area contributed by atoms with Crippen LogP contribution in [0, 0.1) is 6.10 Å². The Hall–Kier alpha value is 0.279. The molecule has 0 aromatic heterocycles. The van der Waals surface area contributed by atoms with Crippen molar-refractivity contribution in [2.45, 2.75) is 30.5 Å². The summed E-state index contributed by atoms with van der Waals surface area (Å²) in [6, 6.07) is 0. The average Bonchev–Trinajstić information content (AvgIpc) is 2.08. The van der Waals surface area contributed by atoms with Gasteiger partial charge in [-0.15, -0.1) is 6.10 Å². The fourth-order valence-electron chi connectivity index (χ4n) is 1.10. The predicted molar refractivity (Wildman–Crippen MR) is 35.2 cm³/mol. The Kier molecular flexibility index (Phi) is 4.78. The molecule has 1 saturated carbocycles. The normalized spacial score (nSPS) is 47.1.